The number of esters is 1. The molecule has 0 unspecified atom stereocenters. The van der Waals surface area contributed by atoms with E-state index in [1.54, 1.807) is 6.92 Å². The lowest BCUT2D eigenvalue weighted by Crippen LogP contribution is -2.03. The van der Waals surface area contributed by atoms with Gasteiger partial charge in [0, 0.05) is 5.56 Å². The largest absolute Gasteiger partial charge is 0.461 e. The van der Waals surface area contributed by atoms with Crippen molar-refractivity contribution >= 4 is 28.1 Å². The smallest absolute Gasteiger partial charge is 0.367 e. The maximum Gasteiger partial charge on any atom is 0.367 e. The number of hydrogen-bond acceptors (Lipinski definition) is 4. The summed E-state index contributed by atoms with van der Waals surface area (Å²) in [5.41, 5.74) is 1.97. The van der Waals surface area contributed by atoms with E-state index >= 15 is 0 Å². The molecular weight excluding hydrogens is 282 g/mol. The molecule has 0 amide bonds. The number of carbonyl (C=O) groups excluding carboxylic acids is 1. The summed E-state index contributed by atoms with van der Waals surface area (Å²) >= 11 is 1.39. The topological polar surface area (TPSA) is 39.2 Å². The molecule has 0 fully saturated rings. The van der Waals surface area contributed by atoms with Gasteiger partial charge in [0.05, 0.1) is 17.2 Å². The van der Waals surface area contributed by atoms with Gasteiger partial charge < -0.3 is 4.74 Å². The molecule has 0 saturated heterocycles. The summed E-state index contributed by atoms with van der Waals surface area (Å²) < 4.78 is 5.03. The maximum absolute atomic E-state index is 11.8. The fourth-order valence-electron chi connectivity index (χ4n) is 2.35. The van der Waals surface area contributed by atoms with Gasteiger partial charge in [-0.2, -0.15) is 0 Å². The first kappa shape index (κ1) is 13.8. The Morgan fingerprint density at radius 3 is 2.76 bits per heavy atom. The Bertz CT molecular complexity index is 802. The van der Waals surface area contributed by atoms with Crippen molar-refractivity contribution in [2.75, 3.05) is 6.61 Å². The third-order valence-corrected chi connectivity index (χ3v) is 4.45. The van der Waals surface area contributed by atoms with E-state index in [1.807, 2.05) is 25.1 Å². The van der Waals surface area contributed by atoms with Crippen LogP contribution in [0, 0.1) is 6.92 Å². The summed E-state index contributed by atoms with van der Waals surface area (Å²) in [6.07, 6.45) is 0. The molecule has 0 aliphatic rings. The molecule has 0 atom stereocenters. The predicted octanol–water partition coefficient (Wildman–Crippen LogP) is 4.45. The molecule has 0 aliphatic heterocycles. The molecule has 0 saturated carbocycles. The highest BCUT2D eigenvalue weighted by Crippen LogP contribution is 2.35. The van der Waals surface area contributed by atoms with Crippen LogP contribution in [0.15, 0.2) is 42.5 Å². The van der Waals surface area contributed by atoms with E-state index in [-0.39, 0.29) is 5.97 Å². The number of hydrogen-bond donors (Lipinski definition) is 0. The molecule has 2 aromatic carbocycles. The van der Waals surface area contributed by atoms with Crippen molar-refractivity contribution < 1.29 is 9.53 Å². The summed E-state index contributed by atoms with van der Waals surface area (Å²) in [6.45, 7) is 4.08. The number of rotatable bonds is 3. The Labute approximate surface area is 127 Å². The molecule has 3 aromatic rings. The van der Waals surface area contributed by atoms with Gasteiger partial charge in [-0.15, -0.1) is 11.3 Å². The molecule has 0 bridgehead atoms. The highest BCUT2D eigenvalue weighted by Gasteiger charge is 2.17. The van der Waals surface area contributed by atoms with E-state index in [0.717, 1.165) is 16.1 Å². The van der Waals surface area contributed by atoms with Gasteiger partial charge in [-0.25, -0.2) is 9.78 Å². The third kappa shape index (κ3) is 2.54. The van der Waals surface area contributed by atoms with Gasteiger partial charge in [0.2, 0.25) is 5.01 Å². The van der Waals surface area contributed by atoms with Crippen LogP contribution in [-0.2, 0) is 4.74 Å². The summed E-state index contributed by atoms with van der Waals surface area (Å²) in [6, 6.07) is 14.4. The number of carbonyl (C=O) groups is 1. The van der Waals surface area contributed by atoms with Crippen molar-refractivity contribution in [1.82, 2.24) is 4.98 Å². The maximum atomic E-state index is 11.8. The Balaban J connectivity index is 2.13. The van der Waals surface area contributed by atoms with Crippen molar-refractivity contribution in [2.24, 2.45) is 0 Å². The number of ether oxygens (including phenoxy) is 1. The van der Waals surface area contributed by atoms with E-state index in [1.165, 1.54) is 22.1 Å². The van der Waals surface area contributed by atoms with Crippen molar-refractivity contribution in [3.05, 3.63) is 53.2 Å². The van der Waals surface area contributed by atoms with Crippen molar-refractivity contribution in [1.29, 1.82) is 0 Å². The van der Waals surface area contributed by atoms with Crippen LogP contribution in [0.2, 0.25) is 0 Å². The number of aromatic nitrogens is 1. The molecular formula is C17H15NO2S. The van der Waals surface area contributed by atoms with Gasteiger partial charge in [-0.1, -0.05) is 42.5 Å². The van der Waals surface area contributed by atoms with Crippen LogP contribution < -0.4 is 0 Å². The molecule has 0 aliphatic carbocycles. The van der Waals surface area contributed by atoms with Gasteiger partial charge in [0.1, 0.15) is 0 Å². The molecule has 1 aromatic heterocycles. The fourth-order valence-corrected chi connectivity index (χ4v) is 3.35. The van der Waals surface area contributed by atoms with Gasteiger partial charge in [-0.3, -0.25) is 0 Å². The fraction of sp³-hybridized carbons (Fsp3) is 0.176. The Kier molecular flexibility index (Phi) is 3.71. The average Bonchev–Trinajstić information content (AvgIpc) is 2.89. The summed E-state index contributed by atoms with van der Waals surface area (Å²) in [4.78, 5) is 17.2. The standard InChI is InChI=1S/C17H15NO2S/c1-3-20-17(19)16-18-11(2)15(21-16)14-10-6-8-12-7-4-5-9-13(12)14/h4-10H,3H2,1-2H3. The van der Waals surface area contributed by atoms with E-state index in [0.29, 0.717) is 11.6 Å². The monoisotopic (exact) mass is 297 g/mol. The first-order valence-electron chi connectivity index (χ1n) is 6.83. The minimum absolute atomic E-state index is 0.350. The molecule has 106 valence electrons. The first-order chi connectivity index (χ1) is 10.2. The van der Waals surface area contributed by atoms with Crippen LogP contribution in [0.5, 0.6) is 0 Å². The normalized spacial score (nSPS) is 10.8. The quantitative estimate of drug-likeness (QED) is 0.670. The van der Waals surface area contributed by atoms with E-state index in [2.05, 4.69) is 29.2 Å². The summed E-state index contributed by atoms with van der Waals surface area (Å²) in [7, 11) is 0. The Hall–Kier alpha value is -2.20. The molecule has 21 heavy (non-hydrogen) atoms. The number of thiazole rings is 1. The van der Waals surface area contributed by atoms with Crippen molar-refractivity contribution in [3.63, 3.8) is 0 Å². The summed E-state index contributed by atoms with van der Waals surface area (Å²) in [5.74, 6) is -0.350. The molecule has 0 radical (unpaired) electrons. The first-order valence-corrected chi connectivity index (χ1v) is 7.65. The highest BCUT2D eigenvalue weighted by atomic mass is 32.1. The van der Waals surface area contributed by atoms with E-state index in [9.17, 15) is 4.79 Å². The third-order valence-electron chi connectivity index (χ3n) is 3.28. The minimum atomic E-state index is -0.350. The van der Waals surface area contributed by atoms with Crippen molar-refractivity contribution in [2.45, 2.75) is 13.8 Å². The van der Waals surface area contributed by atoms with Crippen LogP contribution in [0.1, 0.15) is 22.4 Å². The molecule has 3 nitrogen and oxygen atoms in total. The van der Waals surface area contributed by atoms with Crippen LogP contribution >= 0.6 is 11.3 Å². The van der Waals surface area contributed by atoms with Gasteiger partial charge in [0.15, 0.2) is 0 Å². The lowest BCUT2D eigenvalue weighted by atomic mass is 10.0. The number of nitrogens with zero attached hydrogens (tertiary/aromatic N) is 1. The van der Waals surface area contributed by atoms with E-state index in [4.69, 9.17) is 4.74 Å². The molecule has 0 N–H and O–H groups in total. The lowest BCUT2D eigenvalue weighted by Gasteiger charge is -2.04. The summed E-state index contributed by atoms with van der Waals surface area (Å²) in [5, 5.41) is 2.76. The van der Waals surface area contributed by atoms with Crippen LogP contribution in [-0.4, -0.2) is 17.6 Å². The molecule has 3 rings (SSSR count). The molecule has 4 heteroatoms. The second kappa shape index (κ2) is 5.66. The second-order valence-electron chi connectivity index (χ2n) is 4.68. The van der Waals surface area contributed by atoms with Crippen LogP contribution in [0.4, 0.5) is 0 Å². The highest BCUT2D eigenvalue weighted by molar-refractivity contribution is 7.17. The predicted molar refractivity (Wildman–Crippen MR) is 85.7 cm³/mol. The number of benzene rings is 2. The Morgan fingerprint density at radius 2 is 1.95 bits per heavy atom. The second-order valence-corrected chi connectivity index (χ2v) is 5.68. The van der Waals surface area contributed by atoms with Gasteiger partial charge in [-0.05, 0) is 24.6 Å². The minimum Gasteiger partial charge on any atom is -0.461 e. The Morgan fingerprint density at radius 1 is 1.19 bits per heavy atom. The van der Waals surface area contributed by atoms with Crippen LogP contribution in [0.25, 0.3) is 21.2 Å². The number of aryl methyl sites for hydroxylation is 1. The molecule has 0 spiro atoms. The van der Waals surface area contributed by atoms with Crippen LogP contribution in [0.3, 0.4) is 0 Å². The number of fused-ring (bicyclic) bond motifs is 1. The van der Waals surface area contributed by atoms with Gasteiger partial charge >= 0.3 is 5.97 Å². The zero-order chi connectivity index (χ0) is 14.8. The molecule has 1 heterocycles. The van der Waals surface area contributed by atoms with E-state index < -0.39 is 0 Å². The zero-order valence-corrected chi connectivity index (χ0v) is 12.7. The lowest BCUT2D eigenvalue weighted by molar-refractivity contribution is 0.0525. The van der Waals surface area contributed by atoms with Gasteiger partial charge in [0.25, 0.3) is 0 Å². The average molecular weight is 297 g/mol. The SMILES string of the molecule is CCOC(=O)c1nc(C)c(-c2cccc3ccccc23)s1. The zero-order valence-electron chi connectivity index (χ0n) is 11.9. The van der Waals surface area contributed by atoms with Crippen molar-refractivity contribution in [3.8, 4) is 10.4 Å².